The van der Waals surface area contributed by atoms with Crippen LogP contribution in [0.25, 0.3) is 6.08 Å². The number of carbonyl (C=O) groups excluding carboxylic acids is 1. The van der Waals surface area contributed by atoms with Crippen LogP contribution in [-0.4, -0.2) is 54.8 Å². The molecular weight excluding hydrogens is 386 g/mol. The number of hydrogen-bond donors (Lipinski definition) is 1. The number of nitrogens with zero attached hydrogens (tertiary/aromatic N) is 2. The molecule has 0 radical (unpaired) electrons. The van der Waals surface area contributed by atoms with Gasteiger partial charge in [-0.1, -0.05) is 43.2 Å². The van der Waals surface area contributed by atoms with E-state index < -0.39 is 0 Å². The van der Waals surface area contributed by atoms with E-state index in [0.29, 0.717) is 6.61 Å². The zero-order chi connectivity index (χ0) is 22.6. The van der Waals surface area contributed by atoms with Gasteiger partial charge in [-0.15, -0.1) is 0 Å². The molecule has 2 rings (SSSR count). The number of ether oxygens (including phenoxy) is 1. The van der Waals surface area contributed by atoms with Gasteiger partial charge in [0.05, 0.1) is 6.04 Å². The van der Waals surface area contributed by atoms with Gasteiger partial charge in [0.1, 0.15) is 12.4 Å². The summed E-state index contributed by atoms with van der Waals surface area (Å²) in [5.74, 6) is 0.785. The molecule has 5 nitrogen and oxygen atoms in total. The maximum absolute atomic E-state index is 12.3. The minimum atomic E-state index is -0.0481. The number of likely N-dealkylation sites (N-methyl/N-ethyl adjacent to an activating group) is 2. The Kier molecular flexibility index (Phi) is 10.5. The number of amides is 1. The number of hydrazine groups is 1. The summed E-state index contributed by atoms with van der Waals surface area (Å²) in [7, 11) is 0. The molecule has 1 heterocycles. The molecule has 0 aromatic heterocycles. The number of allylic oxidation sites excluding steroid dienone is 3. The van der Waals surface area contributed by atoms with Gasteiger partial charge in [-0.2, -0.15) is 0 Å². The zero-order valence-electron chi connectivity index (χ0n) is 19.9. The first-order chi connectivity index (χ1) is 14.9. The normalized spacial score (nSPS) is 16.1. The van der Waals surface area contributed by atoms with E-state index in [-0.39, 0.29) is 11.9 Å². The van der Waals surface area contributed by atoms with Crippen molar-refractivity contribution in [3.05, 3.63) is 59.2 Å². The van der Waals surface area contributed by atoms with Crippen molar-refractivity contribution < 1.29 is 9.53 Å². The Bertz CT molecular complexity index is 764. The highest BCUT2D eigenvalue weighted by atomic mass is 16.5. The number of rotatable bonds is 11. The molecule has 0 saturated carbocycles. The van der Waals surface area contributed by atoms with Crippen LogP contribution in [0.4, 0.5) is 0 Å². The van der Waals surface area contributed by atoms with Gasteiger partial charge in [-0.3, -0.25) is 4.79 Å². The second-order valence-electron chi connectivity index (χ2n) is 8.30. The lowest BCUT2D eigenvalue weighted by Crippen LogP contribution is -2.37. The number of carbonyl (C=O) groups is 1. The SMILES string of the molecule is CCN1CC(NC(=O)C=Cc2ccc(OCC=C(C)CCC=C(C)C)cc2)CN1CC. The zero-order valence-corrected chi connectivity index (χ0v) is 19.9. The molecule has 1 aromatic rings. The van der Waals surface area contributed by atoms with Crippen LogP contribution in [0.2, 0.25) is 0 Å². The van der Waals surface area contributed by atoms with Crippen LogP contribution < -0.4 is 10.1 Å². The number of benzene rings is 1. The predicted octanol–water partition coefficient (Wildman–Crippen LogP) is 4.83. The van der Waals surface area contributed by atoms with Crippen molar-refractivity contribution in [1.82, 2.24) is 15.3 Å². The first-order valence-electron chi connectivity index (χ1n) is 11.4. The molecule has 170 valence electrons. The molecule has 1 saturated heterocycles. The van der Waals surface area contributed by atoms with E-state index in [1.807, 2.05) is 30.3 Å². The maximum atomic E-state index is 12.3. The fraction of sp³-hybridized carbons (Fsp3) is 0.500. The number of nitrogens with one attached hydrogen (secondary N) is 1. The summed E-state index contributed by atoms with van der Waals surface area (Å²) >= 11 is 0. The van der Waals surface area contributed by atoms with Crippen LogP contribution in [-0.2, 0) is 4.79 Å². The molecule has 0 spiro atoms. The van der Waals surface area contributed by atoms with E-state index in [1.165, 1.54) is 11.1 Å². The highest BCUT2D eigenvalue weighted by Gasteiger charge is 2.28. The first-order valence-corrected chi connectivity index (χ1v) is 11.4. The molecule has 0 aliphatic carbocycles. The summed E-state index contributed by atoms with van der Waals surface area (Å²) in [5, 5.41) is 7.67. The Labute approximate surface area is 188 Å². The van der Waals surface area contributed by atoms with Crippen molar-refractivity contribution >= 4 is 12.0 Å². The molecule has 0 unspecified atom stereocenters. The van der Waals surface area contributed by atoms with Gasteiger partial charge in [-0.05, 0) is 63.5 Å². The van der Waals surface area contributed by atoms with Crippen LogP contribution in [0.1, 0.15) is 53.0 Å². The van der Waals surface area contributed by atoms with Gasteiger partial charge in [0.2, 0.25) is 5.91 Å². The van der Waals surface area contributed by atoms with E-state index in [9.17, 15) is 4.79 Å². The molecular formula is C26H39N3O2. The lowest BCUT2D eigenvalue weighted by atomic mass is 10.1. The van der Waals surface area contributed by atoms with Crippen molar-refractivity contribution in [3.8, 4) is 5.75 Å². The van der Waals surface area contributed by atoms with Gasteiger partial charge in [0, 0.05) is 32.3 Å². The Morgan fingerprint density at radius 3 is 2.29 bits per heavy atom. The molecule has 1 N–H and O–H groups in total. The van der Waals surface area contributed by atoms with Crippen molar-refractivity contribution in [2.45, 2.75) is 53.5 Å². The van der Waals surface area contributed by atoms with Crippen LogP contribution in [0, 0.1) is 0 Å². The Morgan fingerprint density at radius 1 is 1.06 bits per heavy atom. The van der Waals surface area contributed by atoms with E-state index >= 15 is 0 Å². The highest BCUT2D eigenvalue weighted by molar-refractivity contribution is 5.91. The summed E-state index contributed by atoms with van der Waals surface area (Å²) in [6.45, 7) is 14.9. The minimum absolute atomic E-state index is 0.0481. The molecule has 1 aromatic carbocycles. The lowest BCUT2D eigenvalue weighted by molar-refractivity contribution is -0.117. The summed E-state index contributed by atoms with van der Waals surface area (Å²) < 4.78 is 5.81. The third-order valence-corrected chi connectivity index (χ3v) is 5.42. The third-order valence-electron chi connectivity index (χ3n) is 5.42. The molecule has 5 heteroatoms. The largest absolute Gasteiger partial charge is 0.490 e. The van der Waals surface area contributed by atoms with Crippen LogP contribution in [0.3, 0.4) is 0 Å². The van der Waals surface area contributed by atoms with Crippen LogP contribution in [0.15, 0.2) is 53.6 Å². The van der Waals surface area contributed by atoms with E-state index in [2.05, 4.69) is 62.1 Å². The Morgan fingerprint density at radius 2 is 1.71 bits per heavy atom. The summed E-state index contributed by atoms with van der Waals surface area (Å²) in [6.07, 6.45) is 10.00. The minimum Gasteiger partial charge on any atom is -0.490 e. The standard InChI is InChI=1S/C26H39N3O2/c1-6-28-19-24(20-29(28)7-2)27-26(30)16-13-23-11-14-25(15-12-23)31-18-17-22(5)10-8-9-21(3)4/h9,11-17,24H,6-8,10,18-20H2,1-5H3,(H,27,30). The van der Waals surface area contributed by atoms with Gasteiger partial charge in [0.15, 0.2) is 0 Å². The predicted molar refractivity (Wildman–Crippen MR) is 130 cm³/mol. The fourth-order valence-corrected chi connectivity index (χ4v) is 3.61. The molecule has 1 amide bonds. The molecule has 1 fully saturated rings. The van der Waals surface area contributed by atoms with Gasteiger partial charge >= 0.3 is 0 Å². The fourth-order valence-electron chi connectivity index (χ4n) is 3.61. The molecule has 0 bridgehead atoms. The number of hydrogen-bond acceptors (Lipinski definition) is 4. The Balaban J connectivity index is 1.75. The average molecular weight is 426 g/mol. The van der Waals surface area contributed by atoms with Crippen molar-refractivity contribution in [2.24, 2.45) is 0 Å². The van der Waals surface area contributed by atoms with Gasteiger partial charge in [0.25, 0.3) is 0 Å². The quantitative estimate of drug-likeness (QED) is 0.407. The van der Waals surface area contributed by atoms with Crippen LogP contribution >= 0.6 is 0 Å². The maximum Gasteiger partial charge on any atom is 0.244 e. The van der Waals surface area contributed by atoms with E-state index in [1.54, 1.807) is 6.08 Å². The van der Waals surface area contributed by atoms with Gasteiger partial charge < -0.3 is 10.1 Å². The monoisotopic (exact) mass is 425 g/mol. The van der Waals surface area contributed by atoms with E-state index in [4.69, 9.17) is 4.74 Å². The van der Waals surface area contributed by atoms with Crippen molar-refractivity contribution in [1.29, 1.82) is 0 Å². The van der Waals surface area contributed by atoms with E-state index in [0.717, 1.165) is 50.3 Å². The molecule has 1 aliphatic heterocycles. The van der Waals surface area contributed by atoms with Crippen molar-refractivity contribution in [3.63, 3.8) is 0 Å². The molecule has 1 aliphatic rings. The topological polar surface area (TPSA) is 44.8 Å². The molecule has 31 heavy (non-hydrogen) atoms. The second kappa shape index (κ2) is 13.1. The summed E-state index contributed by atoms with van der Waals surface area (Å²) in [4.78, 5) is 12.3. The average Bonchev–Trinajstić information content (AvgIpc) is 3.14. The highest BCUT2D eigenvalue weighted by Crippen LogP contribution is 2.14. The summed E-state index contributed by atoms with van der Waals surface area (Å²) in [6, 6.07) is 8.00. The molecule has 0 atom stereocenters. The smallest absolute Gasteiger partial charge is 0.244 e. The van der Waals surface area contributed by atoms with Crippen LogP contribution in [0.5, 0.6) is 5.75 Å². The summed E-state index contributed by atoms with van der Waals surface area (Å²) in [5.41, 5.74) is 3.68. The lowest BCUT2D eigenvalue weighted by Gasteiger charge is -2.24. The van der Waals surface area contributed by atoms with Gasteiger partial charge in [-0.25, -0.2) is 10.0 Å². The third kappa shape index (κ3) is 9.11. The second-order valence-corrected chi connectivity index (χ2v) is 8.30. The van der Waals surface area contributed by atoms with Crippen molar-refractivity contribution in [2.75, 3.05) is 32.8 Å². The first kappa shape index (κ1) is 24.9. The Hall–Kier alpha value is -2.37.